The van der Waals surface area contributed by atoms with E-state index in [-0.39, 0.29) is 6.04 Å². The van der Waals surface area contributed by atoms with Gasteiger partial charge in [0.05, 0.1) is 29.5 Å². The second-order valence-corrected chi connectivity index (χ2v) is 6.23. The molecule has 0 spiro atoms. The van der Waals surface area contributed by atoms with Gasteiger partial charge in [0.1, 0.15) is 5.82 Å². The molecule has 0 amide bonds. The smallest absolute Gasteiger partial charge is 0.145 e. The molecule has 0 aliphatic carbocycles. The Morgan fingerprint density at radius 2 is 1.92 bits per heavy atom. The second kappa shape index (κ2) is 6.36. The van der Waals surface area contributed by atoms with E-state index in [4.69, 9.17) is 0 Å². The quantitative estimate of drug-likeness (QED) is 0.578. The highest BCUT2D eigenvalue weighted by molar-refractivity contribution is 5.81. The first-order valence-corrected chi connectivity index (χ1v) is 8.28. The normalized spacial score (nSPS) is 12.2. The summed E-state index contributed by atoms with van der Waals surface area (Å²) < 4.78 is 0. The molecule has 2 aromatic carbocycles. The number of rotatable bonds is 4. The van der Waals surface area contributed by atoms with Crippen LogP contribution in [0.4, 0.5) is 5.82 Å². The number of fused-ring (bicyclic) bond motifs is 1. The second-order valence-electron chi connectivity index (χ2n) is 6.23. The van der Waals surface area contributed by atoms with Crippen molar-refractivity contribution in [3.05, 3.63) is 72.2 Å². The van der Waals surface area contributed by atoms with Gasteiger partial charge in [-0.25, -0.2) is 4.98 Å². The molecule has 25 heavy (non-hydrogen) atoms. The standard InChI is InChI=1S/C20H19N5/c1-13-4-3-5-15(8-13)14(2)24-20-12-21-19-9-16(6-7-18(19)25-20)17-10-22-23-11-17/h3-12,14H,1-2H3,(H,22,23)(H,24,25). The molecule has 0 radical (unpaired) electrons. The molecule has 0 fully saturated rings. The summed E-state index contributed by atoms with van der Waals surface area (Å²) in [7, 11) is 0. The molecule has 0 saturated heterocycles. The lowest BCUT2D eigenvalue weighted by atomic mass is 10.1. The van der Waals surface area contributed by atoms with E-state index in [0.717, 1.165) is 28.0 Å². The molecule has 2 heterocycles. The highest BCUT2D eigenvalue weighted by Crippen LogP contribution is 2.24. The molecule has 0 bridgehead atoms. The van der Waals surface area contributed by atoms with Crippen molar-refractivity contribution in [2.24, 2.45) is 0 Å². The first-order chi connectivity index (χ1) is 12.2. The molecule has 124 valence electrons. The van der Waals surface area contributed by atoms with E-state index in [2.05, 4.69) is 63.6 Å². The van der Waals surface area contributed by atoms with Crippen LogP contribution in [0.3, 0.4) is 0 Å². The molecule has 1 atom stereocenters. The summed E-state index contributed by atoms with van der Waals surface area (Å²) in [6.45, 7) is 4.23. The number of aromatic nitrogens is 4. The van der Waals surface area contributed by atoms with Gasteiger partial charge in [0.15, 0.2) is 0 Å². The van der Waals surface area contributed by atoms with Crippen LogP contribution in [0.15, 0.2) is 61.1 Å². The van der Waals surface area contributed by atoms with Crippen LogP contribution in [0, 0.1) is 6.92 Å². The lowest BCUT2D eigenvalue weighted by Gasteiger charge is -2.15. The van der Waals surface area contributed by atoms with Gasteiger partial charge in [-0.1, -0.05) is 35.9 Å². The predicted octanol–water partition coefficient (Wildman–Crippen LogP) is 4.50. The van der Waals surface area contributed by atoms with Crippen molar-refractivity contribution in [2.75, 3.05) is 5.32 Å². The number of hydrogen-bond acceptors (Lipinski definition) is 4. The van der Waals surface area contributed by atoms with E-state index in [9.17, 15) is 0 Å². The first-order valence-electron chi connectivity index (χ1n) is 8.28. The topological polar surface area (TPSA) is 66.5 Å². The number of anilines is 1. The Kier molecular flexibility index (Phi) is 3.90. The van der Waals surface area contributed by atoms with Crippen molar-refractivity contribution in [2.45, 2.75) is 19.9 Å². The number of nitrogens with zero attached hydrogens (tertiary/aromatic N) is 3. The van der Waals surface area contributed by atoms with Crippen LogP contribution in [0.1, 0.15) is 24.1 Å². The lowest BCUT2D eigenvalue weighted by molar-refractivity contribution is 0.872. The minimum atomic E-state index is 0.164. The van der Waals surface area contributed by atoms with Gasteiger partial charge in [-0.2, -0.15) is 5.10 Å². The van der Waals surface area contributed by atoms with E-state index < -0.39 is 0 Å². The Labute approximate surface area is 146 Å². The maximum Gasteiger partial charge on any atom is 0.145 e. The zero-order valence-corrected chi connectivity index (χ0v) is 14.2. The van der Waals surface area contributed by atoms with Crippen LogP contribution in [0.25, 0.3) is 22.2 Å². The zero-order valence-electron chi connectivity index (χ0n) is 14.2. The van der Waals surface area contributed by atoms with Crippen molar-refractivity contribution in [3.8, 4) is 11.1 Å². The predicted molar refractivity (Wildman–Crippen MR) is 100 cm³/mol. The van der Waals surface area contributed by atoms with Crippen LogP contribution in [-0.2, 0) is 0 Å². The van der Waals surface area contributed by atoms with Gasteiger partial charge >= 0.3 is 0 Å². The average Bonchev–Trinajstić information content (AvgIpc) is 3.16. The van der Waals surface area contributed by atoms with Gasteiger partial charge < -0.3 is 5.32 Å². The third-order valence-electron chi connectivity index (χ3n) is 4.28. The molecule has 4 rings (SSSR count). The zero-order chi connectivity index (χ0) is 17.2. The van der Waals surface area contributed by atoms with E-state index in [1.807, 2.05) is 24.4 Å². The third kappa shape index (κ3) is 3.21. The summed E-state index contributed by atoms with van der Waals surface area (Å²) in [6.07, 6.45) is 5.45. The molecule has 0 aliphatic heterocycles. The SMILES string of the molecule is Cc1cccc(C(C)Nc2cnc3cc(-c4cn[nH]c4)ccc3n2)c1. The van der Waals surface area contributed by atoms with Crippen LogP contribution < -0.4 is 5.32 Å². The largest absolute Gasteiger partial charge is 0.362 e. The summed E-state index contributed by atoms with van der Waals surface area (Å²) in [5.74, 6) is 0.776. The maximum absolute atomic E-state index is 4.69. The van der Waals surface area contributed by atoms with Crippen molar-refractivity contribution >= 4 is 16.9 Å². The van der Waals surface area contributed by atoms with Crippen LogP contribution >= 0.6 is 0 Å². The van der Waals surface area contributed by atoms with Gasteiger partial charge in [-0.15, -0.1) is 0 Å². The van der Waals surface area contributed by atoms with E-state index in [1.54, 1.807) is 12.4 Å². The maximum atomic E-state index is 4.69. The molecular formula is C20H19N5. The Morgan fingerprint density at radius 1 is 1.00 bits per heavy atom. The summed E-state index contributed by atoms with van der Waals surface area (Å²) in [4.78, 5) is 9.25. The monoisotopic (exact) mass is 329 g/mol. The van der Waals surface area contributed by atoms with E-state index >= 15 is 0 Å². The Bertz CT molecular complexity index is 1010. The van der Waals surface area contributed by atoms with Crippen molar-refractivity contribution in [1.29, 1.82) is 0 Å². The van der Waals surface area contributed by atoms with Crippen LogP contribution in [-0.4, -0.2) is 20.2 Å². The number of hydrogen-bond donors (Lipinski definition) is 2. The minimum Gasteiger partial charge on any atom is -0.362 e. The Morgan fingerprint density at radius 3 is 2.72 bits per heavy atom. The van der Waals surface area contributed by atoms with E-state index in [1.165, 1.54) is 11.1 Å². The van der Waals surface area contributed by atoms with Crippen molar-refractivity contribution in [3.63, 3.8) is 0 Å². The summed E-state index contributed by atoms with van der Waals surface area (Å²) >= 11 is 0. The molecule has 2 N–H and O–H groups in total. The molecular weight excluding hydrogens is 310 g/mol. The van der Waals surface area contributed by atoms with Gasteiger partial charge in [0.2, 0.25) is 0 Å². The Balaban J connectivity index is 1.60. The third-order valence-corrected chi connectivity index (χ3v) is 4.28. The van der Waals surface area contributed by atoms with Crippen molar-refractivity contribution < 1.29 is 0 Å². The number of aryl methyl sites for hydroxylation is 1. The summed E-state index contributed by atoms with van der Waals surface area (Å²) in [5, 5.41) is 10.3. The highest BCUT2D eigenvalue weighted by Gasteiger charge is 2.08. The minimum absolute atomic E-state index is 0.164. The molecule has 5 heteroatoms. The lowest BCUT2D eigenvalue weighted by Crippen LogP contribution is -2.08. The van der Waals surface area contributed by atoms with Gasteiger partial charge in [0.25, 0.3) is 0 Å². The molecule has 4 aromatic rings. The van der Waals surface area contributed by atoms with Crippen LogP contribution in [0.2, 0.25) is 0 Å². The number of benzene rings is 2. The number of aromatic amines is 1. The number of nitrogens with one attached hydrogen (secondary N) is 2. The summed E-state index contributed by atoms with van der Waals surface area (Å²) in [5.41, 5.74) is 6.34. The highest BCUT2D eigenvalue weighted by atomic mass is 15.1. The molecule has 0 saturated carbocycles. The molecule has 0 aliphatic rings. The summed E-state index contributed by atoms with van der Waals surface area (Å²) in [6, 6.07) is 14.7. The Hall–Kier alpha value is -3.21. The van der Waals surface area contributed by atoms with E-state index in [0.29, 0.717) is 0 Å². The first kappa shape index (κ1) is 15.3. The fourth-order valence-electron chi connectivity index (χ4n) is 2.91. The molecule has 2 aromatic heterocycles. The number of H-pyrrole nitrogens is 1. The average molecular weight is 329 g/mol. The van der Waals surface area contributed by atoms with Gasteiger partial charge in [-0.05, 0) is 37.1 Å². The fourth-order valence-corrected chi connectivity index (χ4v) is 2.91. The van der Waals surface area contributed by atoms with Gasteiger partial charge in [-0.3, -0.25) is 10.1 Å². The van der Waals surface area contributed by atoms with Crippen molar-refractivity contribution in [1.82, 2.24) is 20.2 Å². The fraction of sp³-hybridized carbons (Fsp3) is 0.150. The molecule has 1 unspecified atom stereocenters. The van der Waals surface area contributed by atoms with Crippen LogP contribution in [0.5, 0.6) is 0 Å². The molecule has 5 nitrogen and oxygen atoms in total. The van der Waals surface area contributed by atoms with Gasteiger partial charge in [0, 0.05) is 11.8 Å².